The second kappa shape index (κ2) is 6.62. The molecule has 3 aromatic rings. The fraction of sp³-hybridized carbons (Fsp3) is 0.125. The number of furan rings is 1. The summed E-state index contributed by atoms with van der Waals surface area (Å²) >= 11 is 0. The number of amides is 2. The molecular weight excluding hydrogens is 280 g/mol. The lowest BCUT2D eigenvalue weighted by Crippen LogP contribution is -2.31. The van der Waals surface area contributed by atoms with E-state index in [-0.39, 0.29) is 6.03 Å². The van der Waals surface area contributed by atoms with E-state index in [2.05, 4.69) is 15.7 Å². The van der Waals surface area contributed by atoms with Crippen LogP contribution >= 0.6 is 0 Å². The van der Waals surface area contributed by atoms with Crippen molar-refractivity contribution in [2.75, 3.05) is 11.9 Å². The van der Waals surface area contributed by atoms with Gasteiger partial charge in [0.15, 0.2) is 0 Å². The van der Waals surface area contributed by atoms with Gasteiger partial charge in [-0.15, -0.1) is 0 Å². The molecule has 0 saturated heterocycles. The molecule has 2 heterocycles. The normalized spacial score (nSPS) is 10.4. The van der Waals surface area contributed by atoms with Gasteiger partial charge in [-0.3, -0.25) is 4.68 Å². The molecule has 0 aliphatic heterocycles. The Morgan fingerprint density at radius 3 is 2.82 bits per heavy atom. The Bertz CT molecular complexity index is 720. The molecule has 0 fully saturated rings. The number of hydrogen-bond acceptors (Lipinski definition) is 3. The summed E-state index contributed by atoms with van der Waals surface area (Å²) in [5, 5.41) is 9.79. The van der Waals surface area contributed by atoms with E-state index in [0.29, 0.717) is 13.1 Å². The number of urea groups is 1. The second-order valence-electron chi connectivity index (χ2n) is 4.72. The summed E-state index contributed by atoms with van der Waals surface area (Å²) in [6.45, 7) is 1.07. The van der Waals surface area contributed by atoms with Crippen LogP contribution in [0.4, 0.5) is 10.5 Å². The molecule has 0 saturated carbocycles. The van der Waals surface area contributed by atoms with E-state index in [9.17, 15) is 4.79 Å². The van der Waals surface area contributed by atoms with Gasteiger partial charge in [0.25, 0.3) is 0 Å². The number of nitrogens with zero attached hydrogens (tertiary/aromatic N) is 2. The smallest absolute Gasteiger partial charge is 0.319 e. The number of carbonyl (C=O) groups excluding carboxylic acids is 1. The molecule has 22 heavy (non-hydrogen) atoms. The summed E-state index contributed by atoms with van der Waals surface area (Å²) < 4.78 is 7.07. The van der Waals surface area contributed by atoms with Gasteiger partial charge in [0, 0.05) is 18.4 Å². The van der Waals surface area contributed by atoms with Gasteiger partial charge in [0.1, 0.15) is 5.76 Å². The van der Waals surface area contributed by atoms with Crippen molar-refractivity contribution in [3.8, 4) is 11.3 Å². The lowest BCUT2D eigenvalue weighted by Gasteiger charge is -2.07. The Morgan fingerprint density at radius 2 is 2.05 bits per heavy atom. The zero-order valence-corrected chi connectivity index (χ0v) is 11.9. The van der Waals surface area contributed by atoms with Crippen molar-refractivity contribution in [1.82, 2.24) is 15.1 Å². The Hall–Kier alpha value is -3.02. The molecule has 0 bridgehead atoms. The van der Waals surface area contributed by atoms with Gasteiger partial charge in [0.05, 0.1) is 24.6 Å². The van der Waals surface area contributed by atoms with Crippen LogP contribution in [0.1, 0.15) is 0 Å². The fourth-order valence-electron chi connectivity index (χ4n) is 2.04. The van der Waals surface area contributed by atoms with E-state index >= 15 is 0 Å². The number of para-hydroxylation sites is 1. The number of anilines is 1. The van der Waals surface area contributed by atoms with Crippen molar-refractivity contribution >= 4 is 11.7 Å². The standard InChI is InChI=1S/C16H16N4O2/c21-16(19-14-5-2-1-3-6-14)17-8-9-20-12-13(11-18-20)15-7-4-10-22-15/h1-7,10-12H,8-9H2,(H2,17,19,21). The summed E-state index contributed by atoms with van der Waals surface area (Å²) in [7, 11) is 0. The highest BCUT2D eigenvalue weighted by Crippen LogP contribution is 2.18. The summed E-state index contributed by atoms with van der Waals surface area (Å²) in [5.74, 6) is 0.779. The third kappa shape index (κ3) is 3.54. The molecule has 6 heteroatoms. The van der Waals surface area contributed by atoms with Crippen molar-refractivity contribution in [3.05, 3.63) is 61.1 Å². The summed E-state index contributed by atoms with van der Waals surface area (Å²) in [6, 6.07) is 12.8. The highest BCUT2D eigenvalue weighted by molar-refractivity contribution is 5.89. The van der Waals surface area contributed by atoms with Crippen LogP contribution in [0.2, 0.25) is 0 Å². The molecule has 6 nitrogen and oxygen atoms in total. The minimum absolute atomic E-state index is 0.232. The first-order valence-corrected chi connectivity index (χ1v) is 6.97. The molecule has 112 valence electrons. The van der Waals surface area contributed by atoms with E-state index in [1.165, 1.54) is 0 Å². The molecule has 2 aromatic heterocycles. The number of carbonyl (C=O) groups is 1. The molecule has 0 aliphatic rings. The largest absolute Gasteiger partial charge is 0.464 e. The summed E-state index contributed by atoms with van der Waals surface area (Å²) in [5.41, 5.74) is 1.68. The van der Waals surface area contributed by atoms with E-state index < -0.39 is 0 Å². The van der Waals surface area contributed by atoms with Gasteiger partial charge >= 0.3 is 6.03 Å². The number of hydrogen-bond donors (Lipinski definition) is 2. The Labute approximate surface area is 127 Å². The quantitative estimate of drug-likeness (QED) is 0.760. The maximum atomic E-state index is 11.7. The van der Waals surface area contributed by atoms with Crippen molar-refractivity contribution in [2.24, 2.45) is 0 Å². The van der Waals surface area contributed by atoms with Crippen LogP contribution in [0, 0.1) is 0 Å². The zero-order valence-electron chi connectivity index (χ0n) is 11.9. The predicted molar refractivity (Wildman–Crippen MR) is 83.4 cm³/mol. The minimum Gasteiger partial charge on any atom is -0.464 e. The van der Waals surface area contributed by atoms with Gasteiger partial charge in [-0.25, -0.2) is 4.79 Å². The molecule has 3 rings (SSSR count). The molecule has 1 aromatic carbocycles. The molecule has 0 radical (unpaired) electrons. The Balaban J connectivity index is 1.46. The summed E-state index contributed by atoms with van der Waals surface area (Å²) in [4.78, 5) is 11.7. The highest BCUT2D eigenvalue weighted by Gasteiger charge is 2.05. The van der Waals surface area contributed by atoms with Gasteiger partial charge in [0.2, 0.25) is 0 Å². The zero-order chi connectivity index (χ0) is 15.2. The van der Waals surface area contributed by atoms with Crippen molar-refractivity contribution in [1.29, 1.82) is 0 Å². The second-order valence-corrected chi connectivity index (χ2v) is 4.72. The highest BCUT2D eigenvalue weighted by atomic mass is 16.3. The SMILES string of the molecule is O=C(NCCn1cc(-c2ccco2)cn1)Nc1ccccc1. The van der Waals surface area contributed by atoms with E-state index in [1.54, 1.807) is 17.1 Å². The molecule has 0 unspecified atom stereocenters. The van der Waals surface area contributed by atoms with E-state index in [0.717, 1.165) is 17.0 Å². The first kappa shape index (κ1) is 13.9. The molecule has 0 spiro atoms. The van der Waals surface area contributed by atoms with E-state index in [4.69, 9.17) is 4.42 Å². The van der Waals surface area contributed by atoms with Crippen LogP contribution in [-0.2, 0) is 6.54 Å². The van der Waals surface area contributed by atoms with Gasteiger partial charge in [-0.05, 0) is 24.3 Å². The first-order chi connectivity index (χ1) is 10.8. The lowest BCUT2D eigenvalue weighted by molar-refractivity contribution is 0.251. The number of rotatable bonds is 5. The van der Waals surface area contributed by atoms with Crippen molar-refractivity contribution in [3.63, 3.8) is 0 Å². The van der Waals surface area contributed by atoms with Crippen LogP contribution < -0.4 is 10.6 Å². The predicted octanol–water partition coefficient (Wildman–Crippen LogP) is 2.96. The summed E-state index contributed by atoms with van der Waals surface area (Å²) in [6.07, 6.45) is 5.25. The maximum Gasteiger partial charge on any atom is 0.319 e. The topological polar surface area (TPSA) is 72.1 Å². The van der Waals surface area contributed by atoms with Crippen LogP contribution in [-0.4, -0.2) is 22.4 Å². The molecule has 2 N–H and O–H groups in total. The lowest BCUT2D eigenvalue weighted by atomic mass is 10.3. The maximum absolute atomic E-state index is 11.7. The van der Waals surface area contributed by atoms with Crippen molar-refractivity contribution < 1.29 is 9.21 Å². The van der Waals surface area contributed by atoms with Gasteiger partial charge in [-0.1, -0.05) is 18.2 Å². The number of nitrogens with one attached hydrogen (secondary N) is 2. The molecular formula is C16H16N4O2. The average molecular weight is 296 g/mol. The monoisotopic (exact) mass is 296 g/mol. The van der Waals surface area contributed by atoms with Gasteiger partial charge < -0.3 is 15.1 Å². The van der Waals surface area contributed by atoms with Gasteiger partial charge in [-0.2, -0.15) is 5.10 Å². The third-order valence-electron chi connectivity index (χ3n) is 3.10. The van der Waals surface area contributed by atoms with Crippen LogP contribution in [0.5, 0.6) is 0 Å². The van der Waals surface area contributed by atoms with Crippen LogP contribution in [0.25, 0.3) is 11.3 Å². The molecule has 0 atom stereocenters. The minimum atomic E-state index is -0.232. The van der Waals surface area contributed by atoms with E-state index in [1.807, 2.05) is 48.7 Å². The van der Waals surface area contributed by atoms with Crippen LogP contribution in [0.3, 0.4) is 0 Å². The number of aromatic nitrogens is 2. The third-order valence-corrected chi connectivity index (χ3v) is 3.10. The Kier molecular flexibility index (Phi) is 4.20. The van der Waals surface area contributed by atoms with Crippen LogP contribution in [0.15, 0.2) is 65.5 Å². The number of benzene rings is 1. The first-order valence-electron chi connectivity index (χ1n) is 6.97. The Morgan fingerprint density at radius 1 is 1.18 bits per heavy atom. The molecule has 0 aliphatic carbocycles. The molecule has 2 amide bonds. The average Bonchev–Trinajstić information content (AvgIpc) is 3.19. The van der Waals surface area contributed by atoms with Crippen molar-refractivity contribution in [2.45, 2.75) is 6.54 Å². The fourth-order valence-corrected chi connectivity index (χ4v) is 2.04.